The molecule has 9 heteroatoms. The number of nitrogens with zero attached hydrogens (tertiary/aromatic N) is 1. The van der Waals surface area contributed by atoms with Gasteiger partial charge in [-0.3, -0.25) is 19.3 Å². The van der Waals surface area contributed by atoms with Gasteiger partial charge in [0.15, 0.2) is 5.54 Å². The van der Waals surface area contributed by atoms with Crippen LogP contribution in [0.4, 0.5) is 4.39 Å². The Kier molecular flexibility index (Phi) is 4.12. The number of fused-ring (bicyclic) bond motifs is 1. The van der Waals surface area contributed by atoms with Crippen molar-refractivity contribution in [3.63, 3.8) is 0 Å². The van der Waals surface area contributed by atoms with E-state index < -0.39 is 53.4 Å². The molecule has 0 aromatic carbocycles. The molecule has 4 N–H and O–H groups in total. The monoisotopic (exact) mass is 336 g/mol. The largest absolute Gasteiger partial charge is 0.481 e. The lowest BCUT2D eigenvalue weighted by Crippen LogP contribution is -2.64. The van der Waals surface area contributed by atoms with E-state index in [2.05, 4.69) is 0 Å². The molecule has 0 radical (unpaired) electrons. The summed E-state index contributed by atoms with van der Waals surface area (Å²) in [5.41, 5.74) is 3.37. The number of carboxylic acid groups (broad SMARTS) is 2. The van der Waals surface area contributed by atoms with Crippen LogP contribution in [0.1, 0.15) is 19.3 Å². The Bertz CT molecular complexity index is 533. The van der Waals surface area contributed by atoms with Crippen LogP contribution in [-0.2, 0) is 14.4 Å². The number of halogens is 2. The molecule has 3 rings (SSSR count). The van der Waals surface area contributed by atoms with Gasteiger partial charge in [0.05, 0.1) is 12.0 Å². The number of amides is 1. The van der Waals surface area contributed by atoms with E-state index >= 15 is 0 Å². The lowest BCUT2D eigenvalue weighted by atomic mass is 9.85. The van der Waals surface area contributed by atoms with Crippen molar-refractivity contribution in [2.24, 2.45) is 23.5 Å². The molecule has 2 aliphatic carbocycles. The number of alkyl halides is 1. The van der Waals surface area contributed by atoms with Crippen molar-refractivity contribution in [2.45, 2.75) is 37.0 Å². The maximum Gasteiger partial charge on any atom is 0.327 e. The van der Waals surface area contributed by atoms with Crippen LogP contribution in [0.5, 0.6) is 0 Å². The van der Waals surface area contributed by atoms with E-state index in [0.29, 0.717) is 12.8 Å². The molecule has 2 saturated carbocycles. The summed E-state index contributed by atoms with van der Waals surface area (Å²) in [7, 11) is 0. The van der Waals surface area contributed by atoms with Gasteiger partial charge in [-0.15, -0.1) is 12.4 Å². The molecule has 1 saturated heterocycles. The van der Waals surface area contributed by atoms with Crippen molar-refractivity contribution in [1.29, 1.82) is 0 Å². The second-order valence-corrected chi connectivity index (χ2v) is 6.14. The first-order valence-electron chi connectivity index (χ1n) is 6.99. The Hall–Kier alpha value is -1.41. The molecule has 0 bridgehead atoms. The summed E-state index contributed by atoms with van der Waals surface area (Å²) in [6, 6.07) is -0.840. The van der Waals surface area contributed by atoms with E-state index in [4.69, 9.17) is 10.8 Å². The number of hydrogen-bond donors (Lipinski definition) is 3. The first-order valence-corrected chi connectivity index (χ1v) is 6.99. The van der Waals surface area contributed by atoms with Crippen molar-refractivity contribution < 1.29 is 29.0 Å². The van der Waals surface area contributed by atoms with E-state index in [1.165, 1.54) is 4.90 Å². The highest BCUT2D eigenvalue weighted by atomic mass is 35.5. The zero-order chi connectivity index (χ0) is 15.5. The summed E-state index contributed by atoms with van der Waals surface area (Å²) in [6.07, 6.45) is -0.840. The molecule has 1 aliphatic heterocycles. The summed E-state index contributed by atoms with van der Waals surface area (Å²) >= 11 is 0. The Balaban J connectivity index is 0.00000176. The summed E-state index contributed by atoms with van der Waals surface area (Å²) in [5, 5.41) is 18.8. The molecular formula is C13H18ClFN2O5. The predicted octanol–water partition coefficient (Wildman–Crippen LogP) is -0.130. The van der Waals surface area contributed by atoms with Gasteiger partial charge < -0.3 is 15.9 Å². The van der Waals surface area contributed by atoms with E-state index in [1.807, 2.05) is 0 Å². The van der Waals surface area contributed by atoms with Crippen LogP contribution in [0.25, 0.3) is 0 Å². The van der Waals surface area contributed by atoms with Crippen LogP contribution < -0.4 is 5.73 Å². The van der Waals surface area contributed by atoms with Crippen LogP contribution >= 0.6 is 12.4 Å². The number of rotatable bonds is 4. The first kappa shape index (κ1) is 17.0. The fourth-order valence-electron chi connectivity index (χ4n) is 4.51. The fourth-order valence-corrected chi connectivity index (χ4v) is 4.51. The van der Waals surface area contributed by atoms with Crippen molar-refractivity contribution in [3.8, 4) is 0 Å². The van der Waals surface area contributed by atoms with Gasteiger partial charge in [-0.25, -0.2) is 4.39 Å². The zero-order valence-corrected chi connectivity index (χ0v) is 12.5. The van der Waals surface area contributed by atoms with Crippen molar-refractivity contribution in [1.82, 2.24) is 4.90 Å². The molecule has 7 nitrogen and oxygen atoms in total. The van der Waals surface area contributed by atoms with Gasteiger partial charge in [0.1, 0.15) is 6.17 Å². The third-order valence-electron chi connectivity index (χ3n) is 5.32. The summed E-state index contributed by atoms with van der Waals surface area (Å²) in [4.78, 5) is 35.9. The Morgan fingerprint density at radius 2 is 1.91 bits per heavy atom. The molecular weight excluding hydrogens is 319 g/mol. The van der Waals surface area contributed by atoms with Gasteiger partial charge in [-0.05, 0) is 25.2 Å². The van der Waals surface area contributed by atoms with E-state index in [1.54, 1.807) is 0 Å². The normalized spacial score (nSPS) is 43.2. The minimum absolute atomic E-state index is 0. The lowest BCUT2D eigenvalue weighted by molar-refractivity contribution is -0.161. The predicted molar refractivity (Wildman–Crippen MR) is 74.2 cm³/mol. The Morgan fingerprint density at radius 1 is 1.27 bits per heavy atom. The van der Waals surface area contributed by atoms with Crippen LogP contribution in [0.2, 0.25) is 0 Å². The van der Waals surface area contributed by atoms with Crippen LogP contribution in [0.15, 0.2) is 0 Å². The molecule has 3 aliphatic rings. The van der Waals surface area contributed by atoms with E-state index in [9.17, 15) is 23.9 Å². The van der Waals surface area contributed by atoms with Crippen LogP contribution in [-0.4, -0.2) is 57.3 Å². The van der Waals surface area contributed by atoms with Gasteiger partial charge in [0.25, 0.3) is 0 Å². The number of carbonyl (C=O) groups excluding carboxylic acids is 1. The molecule has 1 amide bonds. The minimum Gasteiger partial charge on any atom is -0.481 e. The third kappa shape index (κ3) is 1.93. The van der Waals surface area contributed by atoms with Crippen molar-refractivity contribution in [2.75, 3.05) is 6.54 Å². The third-order valence-corrected chi connectivity index (χ3v) is 5.32. The maximum atomic E-state index is 14.5. The summed E-state index contributed by atoms with van der Waals surface area (Å²) < 4.78 is 14.5. The molecule has 22 heavy (non-hydrogen) atoms. The number of primary amides is 1. The zero-order valence-electron chi connectivity index (χ0n) is 11.6. The standard InChI is InChI=1S/C13H17FN2O5.ClH/c14-7-4-5-8(11(18)19)9(5)13(7,12(20)21)16-3-1-2-6(16)10(15)17;/h5-9H,1-4H2,(H2,15,17)(H,18,19)(H,20,21);1H/t5-,6-,7-,8-,9-,13-;/m0./s1. The molecule has 1 heterocycles. The molecule has 0 unspecified atom stereocenters. The number of aliphatic carboxylic acids is 2. The number of likely N-dealkylation sites (tertiary alicyclic amines) is 1. The summed E-state index contributed by atoms with van der Waals surface area (Å²) in [6.45, 7) is 0.246. The number of carbonyl (C=O) groups is 3. The number of hydrogen-bond acceptors (Lipinski definition) is 4. The quantitative estimate of drug-likeness (QED) is 0.657. The van der Waals surface area contributed by atoms with E-state index in [-0.39, 0.29) is 25.4 Å². The average molecular weight is 337 g/mol. The fraction of sp³-hybridized carbons (Fsp3) is 0.769. The van der Waals surface area contributed by atoms with E-state index in [0.717, 1.165) is 0 Å². The second kappa shape index (κ2) is 5.34. The van der Waals surface area contributed by atoms with Crippen molar-refractivity contribution in [3.05, 3.63) is 0 Å². The highest BCUT2D eigenvalue weighted by molar-refractivity contribution is 5.88. The van der Waals surface area contributed by atoms with Crippen molar-refractivity contribution >= 4 is 30.3 Å². The highest BCUT2D eigenvalue weighted by Crippen LogP contribution is 2.65. The average Bonchev–Trinajstić information content (AvgIpc) is 2.78. The molecule has 124 valence electrons. The molecule has 6 atom stereocenters. The van der Waals surface area contributed by atoms with Crippen LogP contribution in [0, 0.1) is 17.8 Å². The lowest BCUT2D eigenvalue weighted by Gasteiger charge is -2.41. The van der Waals surface area contributed by atoms with Gasteiger partial charge >= 0.3 is 11.9 Å². The molecule has 0 aromatic rings. The second-order valence-electron chi connectivity index (χ2n) is 6.14. The molecule has 0 spiro atoms. The SMILES string of the molecule is Cl.NC(=O)[C@@H]1CCCN1[C@]1(C(=O)O)[C@H]2[C@@H](C[C@@H]1F)[C@@H]2C(=O)O. The summed E-state index contributed by atoms with van der Waals surface area (Å²) in [5.74, 6) is -5.28. The van der Waals surface area contributed by atoms with Gasteiger partial charge in [-0.2, -0.15) is 0 Å². The minimum atomic E-state index is -1.93. The van der Waals surface area contributed by atoms with Gasteiger partial charge in [0.2, 0.25) is 5.91 Å². The number of nitrogens with two attached hydrogens (primary N) is 1. The van der Waals surface area contributed by atoms with Crippen LogP contribution in [0.3, 0.4) is 0 Å². The Labute approximate surface area is 132 Å². The molecule has 3 fully saturated rings. The topological polar surface area (TPSA) is 121 Å². The maximum absolute atomic E-state index is 14.5. The smallest absolute Gasteiger partial charge is 0.327 e. The van der Waals surface area contributed by atoms with Gasteiger partial charge in [0, 0.05) is 12.5 Å². The first-order chi connectivity index (χ1) is 9.83. The Morgan fingerprint density at radius 3 is 2.41 bits per heavy atom. The number of carboxylic acids is 2. The highest BCUT2D eigenvalue weighted by Gasteiger charge is 2.78. The van der Waals surface area contributed by atoms with Gasteiger partial charge in [-0.1, -0.05) is 0 Å². The molecule has 0 aromatic heterocycles.